The number of piperidine rings is 1. The number of hydrogen-bond donors (Lipinski definition) is 2. The van der Waals surface area contributed by atoms with Crippen LogP contribution < -0.4 is 5.73 Å². The first-order chi connectivity index (χ1) is 15.1. The molecule has 0 radical (unpaired) electrons. The number of aliphatic hydroxyl groups excluding tert-OH is 1. The van der Waals surface area contributed by atoms with Crippen molar-refractivity contribution in [1.29, 1.82) is 0 Å². The van der Waals surface area contributed by atoms with Crippen LogP contribution in [0.2, 0.25) is 0 Å². The van der Waals surface area contributed by atoms with Crippen LogP contribution >= 0.6 is 0 Å². The Balaban J connectivity index is 1.51. The van der Waals surface area contributed by atoms with Crippen LogP contribution in [0.1, 0.15) is 30.5 Å². The fourth-order valence-corrected chi connectivity index (χ4v) is 3.98. The van der Waals surface area contributed by atoms with Crippen molar-refractivity contribution < 1.29 is 5.11 Å². The van der Waals surface area contributed by atoms with Crippen molar-refractivity contribution in [2.45, 2.75) is 32.0 Å². The van der Waals surface area contributed by atoms with E-state index in [1.54, 1.807) is 29.5 Å². The number of fused-ring (bicyclic) bond motifs is 1. The molecule has 9 heteroatoms. The summed E-state index contributed by atoms with van der Waals surface area (Å²) < 4.78 is 1.75. The molecule has 5 heterocycles. The Morgan fingerprint density at radius 3 is 2.87 bits per heavy atom. The zero-order chi connectivity index (χ0) is 21.4. The lowest BCUT2D eigenvalue weighted by Crippen LogP contribution is -2.44. The number of likely N-dealkylation sites (tertiary alicyclic amines) is 1. The third-order valence-electron chi connectivity index (χ3n) is 5.54. The molecule has 3 N–H and O–H groups in total. The van der Waals surface area contributed by atoms with Gasteiger partial charge in [-0.25, -0.2) is 14.6 Å². The molecule has 1 saturated heterocycles. The molecule has 2 atom stereocenters. The molecule has 158 valence electrons. The van der Waals surface area contributed by atoms with E-state index in [2.05, 4.69) is 20.1 Å². The summed E-state index contributed by atoms with van der Waals surface area (Å²) in [4.78, 5) is 19.9. The van der Waals surface area contributed by atoms with E-state index >= 15 is 0 Å². The monoisotopic (exact) mass is 416 g/mol. The SMILES string of the molecule is Cc1cncc(-c2cc3c(cn2)cnn3-c2cccc(C(O)N3CCC[C@H](N)C3)n2)n1. The Morgan fingerprint density at radius 1 is 1.13 bits per heavy atom. The molecule has 5 rings (SSSR count). The molecule has 1 aliphatic heterocycles. The number of aromatic nitrogens is 6. The lowest BCUT2D eigenvalue weighted by atomic mass is 10.1. The highest BCUT2D eigenvalue weighted by Crippen LogP contribution is 2.24. The number of nitrogens with zero attached hydrogens (tertiary/aromatic N) is 7. The Labute approximate surface area is 179 Å². The lowest BCUT2D eigenvalue weighted by Gasteiger charge is -2.34. The summed E-state index contributed by atoms with van der Waals surface area (Å²) in [7, 11) is 0. The predicted octanol–water partition coefficient (Wildman–Crippen LogP) is 1.99. The van der Waals surface area contributed by atoms with Crippen molar-refractivity contribution in [2.75, 3.05) is 13.1 Å². The second kappa shape index (κ2) is 8.10. The summed E-state index contributed by atoms with van der Waals surface area (Å²) in [5, 5.41) is 16.3. The number of hydrogen-bond acceptors (Lipinski definition) is 8. The van der Waals surface area contributed by atoms with Gasteiger partial charge in [-0.3, -0.25) is 14.9 Å². The molecule has 1 fully saturated rings. The molecular formula is C22H24N8O. The number of aliphatic hydroxyl groups is 1. The van der Waals surface area contributed by atoms with Crippen LogP contribution in [0.4, 0.5) is 0 Å². The van der Waals surface area contributed by atoms with Crippen molar-refractivity contribution in [3.63, 3.8) is 0 Å². The van der Waals surface area contributed by atoms with Crippen LogP contribution in [-0.2, 0) is 0 Å². The molecule has 0 amide bonds. The van der Waals surface area contributed by atoms with Crippen molar-refractivity contribution in [3.8, 4) is 17.2 Å². The largest absolute Gasteiger partial charge is 0.372 e. The van der Waals surface area contributed by atoms with Gasteiger partial charge in [0.25, 0.3) is 0 Å². The van der Waals surface area contributed by atoms with Gasteiger partial charge in [0.15, 0.2) is 12.0 Å². The van der Waals surface area contributed by atoms with Gasteiger partial charge in [0.1, 0.15) is 5.69 Å². The quantitative estimate of drug-likeness (QED) is 0.518. The van der Waals surface area contributed by atoms with E-state index in [-0.39, 0.29) is 6.04 Å². The molecule has 1 unspecified atom stereocenters. The second-order valence-electron chi connectivity index (χ2n) is 7.92. The average molecular weight is 416 g/mol. The van der Waals surface area contributed by atoms with Gasteiger partial charge in [0, 0.05) is 36.9 Å². The summed E-state index contributed by atoms with van der Waals surface area (Å²) in [5.74, 6) is 0.625. The first kappa shape index (κ1) is 19.7. The highest BCUT2D eigenvalue weighted by Gasteiger charge is 2.25. The maximum Gasteiger partial charge on any atom is 0.154 e. The Morgan fingerprint density at radius 2 is 2.03 bits per heavy atom. The van der Waals surface area contributed by atoms with E-state index in [4.69, 9.17) is 10.7 Å². The average Bonchev–Trinajstić information content (AvgIpc) is 3.22. The molecule has 4 aromatic rings. The summed E-state index contributed by atoms with van der Waals surface area (Å²) in [6.45, 7) is 3.36. The van der Waals surface area contributed by atoms with Gasteiger partial charge in [-0.15, -0.1) is 0 Å². The minimum absolute atomic E-state index is 0.0808. The number of nitrogens with two attached hydrogens (primary N) is 1. The molecule has 0 bridgehead atoms. The van der Waals surface area contributed by atoms with Crippen molar-refractivity contribution in [3.05, 3.63) is 60.4 Å². The van der Waals surface area contributed by atoms with Crippen molar-refractivity contribution in [1.82, 2.24) is 34.6 Å². The molecule has 1 aliphatic rings. The van der Waals surface area contributed by atoms with E-state index in [9.17, 15) is 5.11 Å². The zero-order valence-electron chi connectivity index (χ0n) is 17.3. The van der Waals surface area contributed by atoms with E-state index in [0.717, 1.165) is 36.0 Å². The lowest BCUT2D eigenvalue weighted by molar-refractivity contribution is -0.0173. The molecule has 0 spiro atoms. The first-order valence-corrected chi connectivity index (χ1v) is 10.4. The molecule has 4 aromatic heterocycles. The first-order valence-electron chi connectivity index (χ1n) is 10.4. The molecule has 0 saturated carbocycles. The van der Waals surface area contributed by atoms with Crippen LogP contribution in [0.15, 0.2) is 49.1 Å². The minimum Gasteiger partial charge on any atom is -0.372 e. The van der Waals surface area contributed by atoms with E-state index in [0.29, 0.717) is 29.4 Å². The normalized spacial score (nSPS) is 18.4. The fourth-order valence-electron chi connectivity index (χ4n) is 3.98. The molecule has 0 aromatic carbocycles. The molecular weight excluding hydrogens is 392 g/mol. The summed E-state index contributed by atoms with van der Waals surface area (Å²) in [5.41, 5.74) is 9.75. The Bertz CT molecular complexity index is 1220. The summed E-state index contributed by atoms with van der Waals surface area (Å²) >= 11 is 0. The minimum atomic E-state index is -0.798. The maximum atomic E-state index is 10.9. The molecule has 9 nitrogen and oxygen atoms in total. The standard InChI is InChI=1S/C22H24N8O/c1-14-9-24-12-19(27-14)18-8-20-15(10-25-18)11-26-30(20)21-6-2-5-17(28-21)22(31)29-7-3-4-16(23)13-29/h2,5-6,8-12,16,22,31H,3-4,7,13,23H2,1H3/t16-,22?/m0/s1. The van der Waals surface area contributed by atoms with E-state index < -0.39 is 6.23 Å². The third-order valence-corrected chi connectivity index (χ3v) is 5.54. The molecule has 0 aliphatic carbocycles. The summed E-state index contributed by atoms with van der Waals surface area (Å²) in [6.07, 6.45) is 8.08. The van der Waals surface area contributed by atoms with Gasteiger partial charge < -0.3 is 10.8 Å². The van der Waals surface area contributed by atoms with E-state index in [1.807, 2.05) is 36.1 Å². The topological polar surface area (TPSA) is 119 Å². The van der Waals surface area contributed by atoms with Gasteiger partial charge in [0.2, 0.25) is 0 Å². The maximum absolute atomic E-state index is 10.9. The van der Waals surface area contributed by atoms with Crippen LogP contribution in [0.25, 0.3) is 28.1 Å². The Kier molecular flexibility index (Phi) is 5.14. The van der Waals surface area contributed by atoms with E-state index in [1.165, 1.54) is 0 Å². The zero-order valence-corrected chi connectivity index (χ0v) is 17.3. The fraction of sp³-hybridized carbons (Fsp3) is 0.318. The van der Waals surface area contributed by atoms with Crippen LogP contribution in [-0.4, -0.2) is 58.9 Å². The van der Waals surface area contributed by atoms with Gasteiger partial charge in [0.05, 0.1) is 35.0 Å². The van der Waals surface area contributed by atoms with Gasteiger partial charge in [-0.05, 0) is 38.0 Å². The second-order valence-corrected chi connectivity index (χ2v) is 7.92. The number of rotatable bonds is 4. The number of aryl methyl sites for hydroxylation is 1. The predicted molar refractivity (Wildman–Crippen MR) is 116 cm³/mol. The van der Waals surface area contributed by atoms with Crippen molar-refractivity contribution in [2.24, 2.45) is 5.73 Å². The smallest absolute Gasteiger partial charge is 0.154 e. The van der Waals surface area contributed by atoms with Crippen molar-refractivity contribution >= 4 is 10.9 Å². The van der Waals surface area contributed by atoms with Gasteiger partial charge in [-0.2, -0.15) is 5.10 Å². The van der Waals surface area contributed by atoms with Crippen LogP contribution in [0.3, 0.4) is 0 Å². The van der Waals surface area contributed by atoms with Crippen LogP contribution in [0, 0.1) is 6.92 Å². The van der Waals surface area contributed by atoms with Crippen LogP contribution in [0.5, 0.6) is 0 Å². The summed E-state index contributed by atoms with van der Waals surface area (Å²) in [6, 6.07) is 7.59. The van der Waals surface area contributed by atoms with Gasteiger partial charge in [-0.1, -0.05) is 6.07 Å². The Hall–Kier alpha value is -3.27. The number of pyridine rings is 2. The van der Waals surface area contributed by atoms with Gasteiger partial charge >= 0.3 is 0 Å². The highest BCUT2D eigenvalue weighted by molar-refractivity contribution is 5.82. The molecule has 31 heavy (non-hydrogen) atoms. The third kappa shape index (κ3) is 3.90. The highest BCUT2D eigenvalue weighted by atomic mass is 16.3.